The number of anilines is 1. The maximum atomic E-state index is 11.2. The summed E-state index contributed by atoms with van der Waals surface area (Å²) in [5, 5.41) is 9.20. The summed E-state index contributed by atoms with van der Waals surface area (Å²) in [6, 6.07) is 11.4. The lowest BCUT2D eigenvalue weighted by Crippen LogP contribution is -2.10. The molecule has 112 valence electrons. The van der Waals surface area contributed by atoms with E-state index in [0.29, 0.717) is 17.0 Å². The fourth-order valence-corrected chi connectivity index (χ4v) is 2.56. The molecule has 0 saturated heterocycles. The van der Waals surface area contributed by atoms with E-state index in [1.807, 2.05) is 44.2 Å². The van der Waals surface area contributed by atoms with Crippen LogP contribution in [-0.4, -0.2) is 20.6 Å². The molecule has 0 saturated carbocycles. The van der Waals surface area contributed by atoms with Gasteiger partial charge in [-0.3, -0.25) is 4.79 Å². The number of fused-ring (bicyclic) bond motifs is 1. The highest BCUT2D eigenvalue weighted by atomic mass is 16.4. The van der Waals surface area contributed by atoms with Gasteiger partial charge < -0.3 is 15.4 Å². The van der Waals surface area contributed by atoms with Crippen molar-refractivity contribution < 1.29 is 9.90 Å². The van der Waals surface area contributed by atoms with Crippen molar-refractivity contribution in [3.8, 4) is 11.4 Å². The largest absolute Gasteiger partial charge is 0.480 e. The van der Waals surface area contributed by atoms with Gasteiger partial charge >= 0.3 is 5.97 Å². The average molecular weight is 295 g/mol. The van der Waals surface area contributed by atoms with Crippen LogP contribution in [0.15, 0.2) is 36.4 Å². The third-order valence-corrected chi connectivity index (χ3v) is 3.87. The van der Waals surface area contributed by atoms with Crippen LogP contribution in [0.1, 0.15) is 11.1 Å². The molecule has 3 rings (SSSR count). The fraction of sp³-hybridized carbons (Fsp3) is 0.176. The standard InChI is InChI=1S/C17H17N3O2/c1-10-6-7-12(8-11(10)2)17-19-16-13(18)4-3-5-14(16)20(17)9-15(21)22/h3-8H,9,18H2,1-2H3,(H,21,22). The Morgan fingerprint density at radius 1 is 1.23 bits per heavy atom. The van der Waals surface area contributed by atoms with Crippen molar-refractivity contribution >= 4 is 22.7 Å². The first kappa shape index (κ1) is 14.1. The van der Waals surface area contributed by atoms with Gasteiger partial charge in [-0.25, -0.2) is 4.98 Å². The Morgan fingerprint density at radius 3 is 2.68 bits per heavy atom. The smallest absolute Gasteiger partial charge is 0.323 e. The van der Waals surface area contributed by atoms with E-state index in [4.69, 9.17) is 5.73 Å². The minimum absolute atomic E-state index is 0.151. The SMILES string of the molecule is Cc1ccc(-c2nc3c(N)cccc3n2CC(=O)O)cc1C. The molecule has 5 heteroatoms. The number of nitrogen functional groups attached to an aromatic ring is 1. The molecule has 5 nitrogen and oxygen atoms in total. The van der Waals surface area contributed by atoms with Crippen LogP contribution in [0.5, 0.6) is 0 Å². The number of aliphatic carboxylic acids is 1. The number of hydrogen-bond donors (Lipinski definition) is 2. The Kier molecular flexibility index (Phi) is 3.33. The van der Waals surface area contributed by atoms with Gasteiger partial charge in [0.15, 0.2) is 0 Å². The van der Waals surface area contributed by atoms with Gasteiger partial charge in [0.1, 0.15) is 17.9 Å². The summed E-state index contributed by atoms with van der Waals surface area (Å²) in [5.41, 5.74) is 11.1. The normalized spacial score (nSPS) is 11.0. The molecule has 0 unspecified atom stereocenters. The molecule has 22 heavy (non-hydrogen) atoms. The molecular formula is C17H17N3O2. The third kappa shape index (κ3) is 2.30. The van der Waals surface area contributed by atoms with Crippen molar-refractivity contribution in [2.24, 2.45) is 0 Å². The molecule has 0 amide bonds. The molecule has 0 spiro atoms. The van der Waals surface area contributed by atoms with Gasteiger partial charge in [-0.1, -0.05) is 18.2 Å². The minimum Gasteiger partial charge on any atom is -0.480 e. The molecule has 3 N–H and O–H groups in total. The predicted molar refractivity (Wildman–Crippen MR) is 86.7 cm³/mol. The Labute approximate surface area is 128 Å². The lowest BCUT2D eigenvalue weighted by Gasteiger charge is -2.08. The number of rotatable bonds is 3. The maximum Gasteiger partial charge on any atom is 0.323 e. The van der Waals surface area contributed by atoms with Gasteiger partial charge in [-0.05, 0) is 43.2 Å². The summed E-state index contributed by atoms with van der Waals surface area (Å²) >= 11 is 0. The van der Waals surface area contributed by atoms with E-state index in [1.54, 1.807) is 10.6 Å². The first-order chi connectivity index (χ1) is 10.5. The molecule has 0 fully saturated rings. The molecule has 0 aliphatic heterocycles. The van der Waals surface area contributed by atoms with Crippen molar-refractivity contribution in [2.45, 2.75) is 20.4 Å². The zero-order valence-corrected chi connectivity index (χ0v) is 12.5. The number of hydrogen-bond acceptors (Lipinski definition) is 3. The Hall–Kier alpha value is -2.82. The van der Waals surface area contributed by atoms with E-state index in [9.17, 15) is 9.90 Å². The van der Waals surface area contributed by atoms with Crippen LogP contribution in [-0.2, 0) is 11.3 Å². The van der Waals surface area contributed by atoms with Crippen molar-refractivity contribution in [2.75, 3.05) is 5.73 Å². The lowest BCUT2D eigenvalue weighted by atomic mass is 10.1. The van der Waals surface area contributed by atoms with Gasteiger partial charge in [-0.15, -0.1) is 0 Å². The minimum atomic E-state index is -0.910. The summed E-state index contributed by atoms with van der Waals surface area (Å²) < 4.78 is 1.69. The zero-order valence-electron chi connectivity index (χ0n) is 12.5. The number of para-hydroxylation sites is 1. The van der Waals surface area contributed by atoms with Gasteiger partial charge in [0.05, 0.1) is 11.2 Å². The maximum absolute atomic E-state index is 11.2. The van der Waals surface area contributed by atoms with Gasteiger partial charge in [-0.2, -0.15) is 0 Å². The first-order valence-corrected chi connectivity index (χ1v) is 7.01. The number of aryl methyl sites for hydroxylation is 2. The Morgan fingerprint density at radius 2 is 2.00 bits per heavy atom. The van der Waals surface area contributed by atoms with Gasteiger partial charge in [0, 0.05) is 5.56 Å². The van der Waals surface area contributed by atoms with Gasteiger partial charge in [0.25, 0.3) is 0 Å². The summed E-state index contributed by atoms with van der Waals surface area (Å²) in [7, 11) is 0. The van der Waals surface area contributed by atoms with Crippen LogP contribution in [0.2, 0.25) is 0 Å². The second kappa shape index (κ2) is 5.18. The molecule has 1 heterocycles. The van der Waals surface area contributed by atoms with Crippen molar-refractivity contribution in [1.82, 2.24) is 9.55 Å². The molecular weight excluding hydrogens is 278 g/mol. The molecule has 0 aliphatic carbocycles. The number of carboxylic acid groups (broad SMARTS) is 1. The Bertz CT molecular complexity index is 881. The second-order valence-electron chi connectivity index (χ2n) is 5.43. The number of imidazole rings is 1. The topological polar surface area (TPSA) is 81.1 Å². The molecule has 0 atom stereocenters. The van der Waals surface area contributed by atoms with Crippen molar-refractivity contribution in [1.29, 1.82) is 0 Å². The average Bonchev–Trinajstić information content (AvgIpc) is 2.82. The summed E-state index contributed by atoms with van der Waals surface area (Å²) in [6.45, 7) is 3.91. The lowest BCUT2D eigenvalue weighted by molar-refractivity contribution is -0.137. The van der Waals surface area contributed by atoms with E-state index >= 15 is 0 Å². The van der Waals surface area contributed by atoms with E-state index < -0.39 is 5.97 Å². The third-order valence-electron chi connectivity index (χ3n) is 3.87. The molecule has 3 aromatic rings. The van der Waals surface area contributed by atoms with Crippen LogP contribution in [0.25, 0.3) is 22.4 Å². The van der Waals surface area contributed by atoms with Crippen molar-refractivity contribution in [3.63, 3.8) is 0 Å². The van der Waals surface area contributed by atoms with E-state index in [1.165, 1.54) is 5.56 Å². The fourth-order valence-electron chi connectivity index (χ4n) is 2.56. The van der Waals surface area contributed by atoms with Gasteiger partial charge in [0.2, 0.25) is 0 Å². The van der Waals surface area contributed by atoms with Crippen LogP contribution < -0.4 is 5.73 Å². The molecule has 2 aromatic carbocycles. The van der Waals surface area contributed by atoms with Crippen LogP contribution in [0, 0.1) is 13.8 Å². The summed E-state index contributed by atoms with van der Waals surface area (Å²) in [4.78, 5) is 15.8. The molecule has 1 aromatic heterocycles. The molecule has 0 radical (unpaired) electrons. The van der Waals surface area contributed by atoms with Crippen LogP contribution in [0.4, 0.5) is 5.69 Å². The number of aromatic nitrogens is 2. The summed E-state index contributed by atoms with van der Waals surface area (Å²) in [5.74, 6) is -0.287. The zero-order chi connectivity index (χ0) is 15.9. The monoisotopic (exact) mass is 295 g/mol. The van der Waals surface area contributed by atoms with E-state index in [0.717, 1.165) is 16.6 Å². The predicted octanol–water partition coefficient (Wildman–Crippen LogP) is 2.99. The summed E-state index contributed by atoms with van der Waals surface area (Å²) in [6.07, 6.45) is 0. The highest BCUT2D eigenvalue weighted by Gasteiger charge is 2.16. The highest BCUT2D eigenvalue weighted by Crippen LogP contribution is 2.29. The molecule has 0 bridgehead atoms. The van der Waals surface area contributed by atoms with E-state index in [-0.39, 0.29) is 6.54 Å². The molecule has 0 aliphatic rings. The number of carbonyl (C=O) groups is 1. The first-order valence-electron chi connectivity index (χ1n) is 7.01. The Balaban J connectivity index is 2.29. The van der Waals surface area contributed by atoms with Crippen LogP contribution in [0.3, 0.4) is 0 Å². The number of carboxylic acids is 1. The van der Waals surface area contributed by atoms with E-state index in [2.05, 4.69) is 4.98 Å². The van der Waals surface area contributed by atoms with Crippen molar-refractivity contribution in [3.05, 3.63) is 47.5 Å². The highest BCUT2D eigenvalue weighted by molar-refractivity contribution is 5.91. The van der Waals surface area contributed by atoms with Crippen LogP contribution >= 0.6 is 0 Å². The second-order valence-corrected chi connectivity index (χ2v) is 5.43. The number of nitrogens with two attached hydrogens (primary N) is 1. The number of nitrogens with zero attached hydrogens (tertiary/aromatic N) is 2. The number of benzene rings is 2. The quantitative estimate of drug-likeness (QED) is 0.728.